The van der Waals surface area contributed by atoms with E-state index in [9.17, 15) is 26.3 Å². The van der Waals surface area contributed by atoms with Crippen molar-refractivity contribution in [1.82, 2.24) is 5.32 Å². The normalized spacial score (nSPS) is 13.8. The molecule has 1 atom stereocenters. The summed E-state index contributed by atoms with van der Waals surface area (Å²) in [5.41, 5.74) is -0.829. The predicted octanol–water partition coefficient (Wildman–Crippen LogP) is 4.67. The van der Waals surface area contributed by atoms with E-state index in [2.05, 4.69) is 21.2 Å². The molecule has 8 heteroatoms. The van der Waals surface area contributed by atoms with Crippen molar-refractivity contribution in [1.29, 1.82) is 0 Å². The molecular weight excluding hydrogens is 352 g/mol. The lowest BCUT2D eigenvalue weighted by atomic mass is 9.99. The summed E-state index contributed by atoms with van der Waals surface area (Å²) in [5, 5.41) is 2.14. The highest BCUT2D eigenvalue weighted by Crippen LogP contribution is 2.38. The topological polar surface area (TPSA) is 12.0 Å². The van der Waals surface area contributed by atoms with Crippen LogP contribution in [0.4, 0.5) is 26.3 Å². The number of alkyl halides is 4. The van der Waals surface area contributed by atoms with Gasteiger partial charge in [0.1, 0.15) is 17.7 Å². The van der Waals surface area contributed by atoms with Crippen molar-refractivity contribution >= 4 is 15.9 Å². The highest BCUT2D eigenvalue weighted by Gasteiger charge is 2.50. The van der Waals surface area contributed by atoms with E-state index in [1.807, 2.05) is 0 Å². The van der Waals surface area contributed by atoms with Gasteiger partial charge >= 0.3 is 12.3 Å². The van der Waals surface area contributed by atoms with Gasteiger partial charge in [-0.05, 0) is 41.0 Å². The summed E-state index contributed by atoms with van der Waals surface area (Å²) in [6.45, 7) is 1.59. The van der Waals surface area contributed by atoms with Gasteiger partial charge in [0, 0.05) is 5.56 Å². The van der Waals surface area contributed by atoms with Gasteiger partial charge in [-0.15, -0.1) is 0 Å². The van der Waals surface area contributed by atoms with E-state index in [1.165, 1.54) is 0 Å². The van der Waals surface area contributed by atoms with Crippen LogP contribution in [-0.2, 0) is 0 Å². The zero-order chi connectivity index (χ0) is 15.5. The fraction of sp³-hybridized carbons (Fsp3) is 0.500. The molecule has 1 rings (SSSR count). The quantitative estimate of drug-likeness (QED) is 0.572. The van der Waals surface area contributed by atoms with Gasteiger partial charge in [-0.3, -0.25) is 0 Å². The van der Waals surface area contributed by atoms with Gasteiger partial charge in [0.2, 0.25) is 0 Å². The fourth-order valence-electron chi connectivity index (χ4n) is 1.63. The van der Waals surface area contributed by atoms with Crippen LogP contribution in [0.1, 0.15) is 24.9 Å². The first-order valence-corrected chi connectivity index (χ1v) is 6.54. The molecule has 0 saturated carbocycles. The molecule has 0 radical (unpaired) electrons. The van der Waals surface area contributed by atoms with E-state index in [0.717, 1.165) is 0 Å². The molecule has 0 aromatic heterocycles. The van der Waals surface area contributed by atoms with Gasteiger partial charge in [-0.1, -0.05) is 6.92 Å². The summed E-state index contributed by atoms with van der Waals surface area (Å²) in [4.78, 5) is 0. The summed E-state index contributed by atoms with van der Waals surface area (Å²) in [7, 11) is 0. The third-order valence-corrected chi connectivity index (χ3v) is 3.23. The third kappa shape index (κ3) is 3.66. The highest BCUT2D eigenvalue weighted by molar-refractivity contribution is 9.10. The van der Waals surface area contributed by atoms with Crippen molar-refractivity contribution in [2.75, 3.05) is 6.54 Å². The number of hydrogen-bond acceptors (Lipinski definition) is 1. The molecule has 114 valence electrons. The Balaban J connectivity index is 3.27. The van der Waals surface area contributed by atoms with Gasteiger partial charge in [0.15, 0.2) is 0 Å². The third-order valence-electron chi connectivity index (χ3n) is 2.62. The number of halogens is 7. The molecule has 1 nitrogen and oxygen atoms in total. The van der Waals surface area contributed by atoms with Crippen molar-refractivity contribution < 1.29 is 26.3 Å². The molecule has 0 aliphatic heterocycles. The molecule has 1 aromatic rings. The number of rotatable bonds is 6. The Morgan fingerprint density at radius 2 is 1.80 bits per heavy atom. The van der Waals surface area contributed by atoms with E-state index in [4.69, 9.17) is 0 Å². The molecule has 1 unspecified atom stereocenters. The Bertz CT molecular complexity index is 466. The molecule has 0 amide bonds. The summed E-state index contributed by atoms with van der Waals surface area (Å²) in [6.07, 6.45) is -3.63. The summed E-state index contributed by atoms with van der Waals surface area (Å²) < 4.78 is 78.8. The van der Waals surface area contributed by atoms with Crippen LogP contribution in [0, 0.1) is 11.6 Å². The summed E-state index contributed by atoms with van der Waals surface area (Å²) in [5.74, 6) is -6.71. The van der Waals surface area contributed by atoms with E-state index in [-0.39, 0.29) is 11.0 Å². The Hall–Kier alpha value is -0.760. The Labute approximate surface area is 120 Å². The van der Waals surface area contributed by atoms with Crippen molar-refractivity contribution in [3.8, 4) is 0 Å². The first kappa shape index (κ1) is 17.3. The minimum absolute atomic E-state index is 0.0376. The monoisotopic (exact) mass is 363 g/mol. The lowest BCUT2D eigenvalue weighted by Crippen LogP contribution is -2.43. The van der Waals surface area contributed by atoms with Gasteiger partial charge < -0.3 is 5.32 Å². The summed E-state index contributed by atoms with van der Waals surface area (Å²) in [6, 6.07) is -1.18. The second-order valence-electron chi connectivity index (χ2n) is 4.15. The second-order valence-corrected chi connectivity index (χ2v) is 5.00. The second kappa shape index (κ2) is 6.80. The average molecular weight is 364 g/mol. The maximum Gasteiger partial charge on any atom is 0.326 e. The molecule has 0 fully saturated rings. The number of nitrogens with one attached hydrogen (secondary N) is 1. The van der Waals surface area contributed by atoms with Crippen LogP contribution in [0.2, 0.25) is 0 Å². The Kier molecular flexibility index (Phi) is 5.88. The zero-order valence-corrected chi connectivity index (χ0v) is 12.0. The largest absolute Gasteiger partial charge is 0.326 e. The molecular formula is C12H12BrF6N. The maximum atomic E-state index is 13.7. The molecule has 1 aromatic carbocycles. The van der Waals surface area contributed by atoms with Crippen LogP contribution >= 0.6 is 15.9 Å². The smallest absolute Gasteiger partial charge is 0.305 e. The van der Waals surface area contributed by atoms with Gasteiger partial charge in [-0.2, -0.15) is 8.78 Å². The first-order chi connectivity index (χ1) is 9.21. The van der Waals surface area contributed by atoms with Crippen LogP contribution in [-0.4, -0.2) is 18.9 Å². The van der Waals surface area contributed by atoms with Crippen molar-refractivity contribution in [2.45, 2.75) is 31.7 Å². The minimum atomic E-state index is -4.52. The molecule has 0 bridgehead atoms. The van der Waals surface area contributed by atoms with Gasteiger partial charge in [-0.25, -0.2) is 17.6 Å². The molecule has 0 saturated heterocycles. The Morgan fingerprint density at radius 1 is 1.20 bits per heavy atom. The molecule has 0 heterocycles. The van der Waals surface area contributed by atoms with E-state index >= 15 is 0 Å². The van der Waals surface area contributed by atoms with Crippen LogP contribution < -0.4 is 5.32 Å². The van der Waals surface area contributed by atoms with E-state index in [0.29, 0.717) is 18.6 Å². The standard InChI is InChI=1S/C12H12BrF6N/c1-2-3-20-10(12(18,19)11(16)17)6-4-9(15)7(13)5-8(6)14/h4-5,10-11,20H,2-3H2,1H3. The molecule has 0 spiro atoms. The van der Waals surface area contributed by atoms with Crippen LogP contribution in [0.5, 0.6) is 0 Å². The zero-order valence-electron chi connectivity index (χ0n) is 10.4. The lowest BCUT2D eigenvalue weighted by Gasteiger charge is -2.28. The predicted molar refractivity (Wildman–Crippen MR) is 66.0 cm³/mol. The Morgan fingerprint density at radius 3 is 2.30 bits per heavy atom. The van der Waals surface area contributed by atoms with Gasteiger partial charge in [0.25, 0.3) is 0 Å². The van der Waals surface area contributed by atoms with E-state index < -0.39 is 35.6 Å². The van der Waals surface area contributed by atoms with Crippen molar-refractivity contribution in [3.63, 3.8) is 0 Å². The van der Waals surface area contributed by atoms with Crippen LogP contribution in [0.25, 0.3) is 0 Å². The molecule has 0 aliphatic carbocycles. The molecule has 1 N–H and O–H groups in total. The minimum Gasteiger partial charge on any atom is -0.305 e. The van der Waals surface area contributed by atoms with Crippen LogP contribution in [0.15, 0.2) is 16.6 Å². The number of hydrogen-bond donors (Lipinski definition) is 1. The fourth-order valence-corrected chi connectivity index (χ4v) is 1.94. The SMILES string of the molecule is CCCNC(c1cc(F)c(Br)cc1F)C(F)(F)C(F)F. The summed E-state index contributed by atoms with van der Waals surface area (Å²) >= 11 is 2.69. The van der Waals surface area contributed by atoms with Crippen molar-refractivity contribution in [2.24, 2.45) is 0 Å². The maximum absolute atomic E-state index is 13.7. The average Bonchev–Trinajstić information content (AvgIpc) is 2.35. The van der Waals surface area contributed by atoms with E-state index in [1.54, 1.807) is 6.92 Å². The molecule has 0 aliphatic rings. The van der Waals surface area contributed by atoms with Crippen LogP contribution in [0.3, 0.4) is 0 Å². The highest BCUT2D eigenvalue weighted by atomic mass is 79.9. The number of benzene rings is 1. The first-order valence-electron chi connectivity index (χ1n) is 5.75. The van der Waals surface area contributed by atoms with Gasteiger partial charge in [0.05, 0.1) is 4.47 Å². The van der Waals surface area contributed by atoms with Crippen molar-refractivity contribution in [3.05, 3.63) is 33.8 Å². The molecule has 20 heavy (non-hydrogen) atoms. The lowest BCUT2D eigenvalue weighted by molar-refractivity contribution is -0.152.